The summed E-state index contributed by atoms with van der Waals surface area (Å²) in [7, 11) is -0.999. The third kappa shape index (κ3) is 3.72. The Morgan fingerprint density at radius 2 is 2.03 bits per heavy atom. The van der Waals surface area contributed by atoms with Crippen molar-refractivity contribution < 1.29 is 4.21 Å². The lowest BCUT2D eigenvalue weighted by molar-refractivity contribution is 0.683. The van der Waals surface area contributed by atoms with E-state index in [1.165, 1.54) is 5.56 Å². The van der Waals surface area contributed by atoms with Crippen LogP contribution in [0.2, 0.25) is 0 Å². The quantitative estimate of drug-likeness (QED) is 0.692. The van der Waals surface area contributed by atoms with Crippen LogP contribution in [0, 0.1) is 6.92 Å². The highest BCUT2D eigenvalue weighted by molar-refractivity contribution is 7.85. The number of nitrogens with two attached hydrogens (primary N) is 1. The van der Waals surface area contributed by atoms with Crippen LogP contribution in [-0.2, 0) is 17.3 Å². The molecule has 0 bridgehead atoms. The summed E-state index contributed by atoms with van der Waals surface area (Å²) in [5.41, 5.74) is 9.33. The number of nitrogens with zero attached hydrogens (tertiary/aromatic N) is 3. The zero-order valence-electron chi connectivity index (χ0n) is 16.5. The minimum atomic E-state index is -0.999. The van der Waals surface area contributed by atoms with Gasteiger partial charge in [0.1, 0.15) is 5.82 Å². The van der Waals surface area contributed by atoms with Crippen LogP contribution in [0.5, 0.6) is 0 Å². The molecular formula is C22H25N5OS. The van der Waals surface area contributed by atoms with Crippen LogP contribution in [0.3, 0.4) is 0 Å². The second-order valence-corrected chi connectivity index (χ2v) is 9.73. The molecule has 0 spiro atoms. The van der Waals surface area contributed by atoms with E-state index in [2.05, 4.69) is 29.3 Å². The molecular weight excluding hydrogens is 382 g/mol. The van der Waals surface area contributed by atoms with Gasteiger partial charge in [-0.05, 0) is 43.5 Å². The predicted octanol–water partition coefficient (Wildman–Crippen LogP) is 2.97. The number of fused-ring (bicyclic) bond motifs is 2. The van der Waals surface area contributed by atoms with Crippen molar-refractivity contribution in [2.75, 3.05) is 29.1 Å². The van der Waals surface area contributed by atoms with E-state index in [9.17, 15) is 4.21 Å². The second kappa shape index (κ2) is 7.07. The molecule has 1 aromatic heterocycles. The number of hydrogen-bond donors (Lipinski definition) is 2. The third-order valence-corrected chi connectivity index (χ3v) is 7.19. The lowest BCUT2D eigenvalue weighted by atomic mass is 10.1. The van der Waals surface area contributed by atoms with Gasteiger partial charge in [0.05, 0.1) is 16.3 Å². The van der Waals surface area contributed by atoms with E-state index < -0.39 is 10.8 Å². The summed E-state index contributed by atoms with van der Waals surface area (Å²) >= 11 is 0. The van der Waals surface area contributed by atoms with Gasteiger partial charge in [-0.15, -0.1) is 0 Å². The highest BCUT2D eigenvalue weighted by atomic mass is 32.2. The van der Waals surface area contributed by atoms with Crippen LogP contribution in [0.25, 0.3) is 10.9 Å². The number of nitrogens with one attached hydrogen (secondary N) is 1. The fourth-order valence-electron chi connectivity index (χ4n) is 3.72. The highest BCUT2D eigenvalue weighted by Gasteiger charge is 2.38. The Morgan fingerprint density at radius 3 is 2.86 bits per heavy atom. The van der Waals surface area contributed by atoms with E-state index in [4.69, 9.17) is 15.7 Å². The molecule has 2 heterocycles. The van der Waals surface area contributed by atoms with E-state index in [-0.39, 0.29) is 5.54 Å². The largest absolute Gasteiger partial charge is 0.368 e. The number of aromatic nitrogens is 2. The smallest absolute Gasteiger partial charge is 0.228 e. The zero-order valence-corrected chi connectivity index (χ0v) is 17.3. The van der Waals surface area contributed by atoms with Gasteiger partial charge >= 0.3 is 0 Å². The molecule has 0 saturated heterocycles. The van der Waals surface area contributed by atoms with E-state index in [1.807, 2.05) is 30.3 Å². The van der Waals surface area contributed by atoms with E-state index in [0.29, 0.717) is 31.3 Å². The maximum Gasteiger partial charge on any atom is 0.228 e. The second-order valence-electron chi connectivity index (χ2n) is 8.19. The van der Waals surface area contributed by atoms with Gasteiger partial charge in [-0.1, -0.05) is 29.8 Å². The molecule has 0 amide bonds. The minimum absolute atomic E-state index is 0.111. The molecule has 3 aromatic rings. The highest BCUT2D eigenvalue weighted by Crippen LogP contribution is 2.33. The first kappa shape index (κ1) is 18.5. The maximum atomic E-state index is 12.6. The Hall–Kier alpha value is -2.51. The minimum Gasteiger partial charge on any atom is -0.368 e. The molecule has 6 nitrogen and oxygen atoms in total. The third-order valence-electron chi connectivity index (χ3n) is 5.75. The first-order chi connectivity index (χ1) is 14.0. The zero-order chi connectivity index (χ0) is 20.0. The normalized spacial score (nSPS) is 20.2. The first-order valence-corrected chi connectivity index (χ1v) is 11.4. The molecule has 1 saturated carbocycles. The van der Waals surface area contributed by atoms with Gasteiger partial charge in [0.2, 0.25) is 5.95 Å². The van der Waals surface area contributed by atoms with Gasteiger partial charge < -0.3 is 16.0 Å². The Kier molecular flexibility index (Phi) is 4.52. The number of hydrogen-bond acceptors (Lipinski definition) is 6. The van der Waals surface area contributed by atoms with Crippen molar-refractivity contribution in [3.8, 4) is 0 Å². The molecule has 150 valence electrons. The van der Waals surface area contributed by atoms with Crippen LogP contribution in [0.15, 0.2) is 47.4 Å². The van der Waals surface area contributed by atoms with Crippen molar-refractivity contribution in [3.05, 3.63) is 53.6 Å². The topological polar surface area (TPSA) is 84.1 Å². The Labute approximate surface area is 173 Å². The fourth-order valence-corrected chi connectivity index (χ4v) is 4.98. The maximum absolute atomic E-state index is 12.6. The van der Waals surface area contributed by atoms with E-state index in [0.717, 1.165) is 40.0 Å². The summed E-state index contributed by atoms with van der Waals surface area (Å²) in [5, 5.41) is 4.49. The predicted molar refractivity (Wildman–Crippen MR) is 118 cm³/mol. The number of anilines is 2. The summed E-state index contributed by atoms with van der Waals surface area (Å²) in [4.78, 5) is 12.8. The Bertz CT molecular complexity index is 1110. The van der Waals surface area contributed by atoms with Crippen molar-refractivity contribution in [2.45, 2.75) is 36.7 Å². The van der Waals surface area contributed by atoms with E-state index >= 15 is 0 Å². The molecule has 1 fully saturated rings. The molecule has 29 heavy (non-hydrogen) atoms. The first-order valence-electron chi connectivity index (χ1n) is 10.0. The molecule has 0 radical (unpaired) electrons. The molecule has 7 heteroatoms. The SMILES string of the molecule is Cc1ccc2nc(N3CCS(=O)c4ccccc4C3)nc(NCC3(N)CC3)c2c1. The average molecular weight is 408 g/mol. The number of aryl methyl sites for hydroxylation is 1. The monoisotopic (exact) mass is 407 g/mol. The number of benzene rings is 2. The molecule has 1 aliphatic carbocycles. The molecule has 2 aromatic carbocycles. The Balaban J connectivity index is 1.54. The van der Waals surface area contributed by atoms with Crippen LogP contribution >= 0.6 is 0 Å². The fraction of sp³-hybridized carbons (Fsp3) is 0.364. The summed E-state index contributed by atoms with van der Waals surface area (Å²) < 4.78 is 12.6. The summed E-state index contributed by atoms with van der Waals surface area (Å²) in [6.45, 7) is 4.08. The van der Waals surface area contributed by atoms with Gasteiger partial charge in [-0.2, -0.15) is 4.98 Å². The van der Waals surface area contributed by atoms with E-state index in [1.54, 1.807) is 0 Å². The standard InChI is InChI=1S/C22H25N5OS/c1-15-6-7-18-17(12-15)20(24-14-22(23)8-9-22)26-21(25-18)27-10-11-29(28)19-5-3-2-4-16(19)13-27/h2-7,12H,8-11,13-14,23H2,1H3,(H,24,25,26). The summed E-state index contributed by atoms with van der Waals surface area (Å²) in [6, 6.07) is 14.2. The lowest BCUT2D eigenvalue weighted by Crippen LogP contribution is -2.32. The van der Waals surface area contributed by atoms with Gasteiger partial charge in [0, 0.05) is 41.2 Å². The van der Waals surface area contributed by atoms with Crippen molar-refractivity contribution in [3.63, 3.8) is 0 Å². The van der Waals surface area contributed by atoms with Crippen molar-refractivity contribution in [1.82, 2.24) is 9.97 Å². The van der Waals surface area contributed by atoms with Crippen LogP contribution < -0.4 is 16.0 Å². The lowest BCUT2D eigenvalue weighted by Gasteiger charge is -2.22. The van der Waals surface area contributed by atoms with Crippen molar-refractivity contribution in [2.24, 2.45) is 5.73 Å². The molecule has 2 aliphatic rings. The van der Waals surface area contributed by atoms with Crippen LogP contribution in [-0.4, -0.2) is 38.6 Å². The van der Waals surface area contributed by atoms with Crippen LogP contribution in [0.1, 0.15) is 24.0 Å². The molecule has 5 rings (SSSR count). The van der Waals surface area contributed by atoms with Gasteiger partial charge in [-0.25, -0.2) is 4.98 Å². The number of rotatable bonds is 4. The van der Waals surface area contributed by atoms with Gasteiger partial charge in [-0.3, -0.25) is 4.21 Å². The van der Waals surface area contributed by atoms with Crippen molar-refractivity contribution >= 4 is 33.5 Å². The molecule has 1 atom stereocenters. The van der Waals surface area contributed by atoms with Crippen LogP contribution in [0.4, 0.5) is 11.8 Å². The average Bonchev–Trinajstić information content (AvgIpc) is 3.49. The summed E-state index contributed by atoms with van der Waals surface area (Å²) in [5.74, 6) is 2.06. The molecule has 1 unspecified atom stereocenters. The molecule has 1 aliphatic heterocycles. The van der Waals surface area contributed by atoms with Gasteiger partial charge in [0.25, 0.3) is 0 Å². The molecule has 3 N–H and O–H groups in total. The van der Waals surface area contributed by atoms with Crippen molar-refractivity contribution in [1.29, 1.82) is 0 Å². The summed E-state index contributed by atoms with van der Waals surface area (Å²) in [6.07, 6.45) is 2.09. The Morgan fingerprint density at radius 1 is 1.21 bits per heavy atom. The van der Waals surface area contributed by atoms with Gasteiger partial charge in [0.15, 0.2) is 0 Å².